The summed E-state index contributed by atoms with van der Waals surface area (Å²) in [6, 6.07) is 3.09. The van der Waals surface area contributed by atoms with Gasteiger partial charge in [-0.15, -0.1) is 0 Å². The number of carbonyl (C=O) groups excluding carboxylic acids is 2. The van der Waals surface area contributed by atoms with Crippen LogP contribution < -0.4 is 11.1 Å². The Kier molecular flexibility index (Phi) is 4.02. The summed E-state index contributed by atoms with van der Waals surface area (Å²) in [6.45, 7) is 1.77. The summed E-state index contributed by atoms with van der Waals surface area (Å²) >= 11 is 0. The zero-order chi connectivity index (χ0) is 17.4. The predicted molar refractivity (Wildman–Crippen MR) is 88.3 cm³/mol. The molecule has 1 aromatic carbocycles. The van der Waals surface area contributed by atoms with Crippen LogP contribution in [0.15, 0.2) is 36.1 Å². The van der Waals surface area contributed by atoms with Crippen LogP contribution in [-0.4, -0.2) is 41.2 Å². The van der Waals surface area contributed by atoms with Crippen molar-refractivity contribution in [2.45, 2.75) is 25.6 Å². The summed E-state index contributed by atoms with van der Waals surface area (Å²) in [5.74, 6) is -0.738. The van der Waals surface area contributed by atoms with E-state index in [4.69, 9.17) is 10.5 Å². The minimum atomic E-state index is -0.545. The van der Waals surface area contributed by atoms with E-state index in [1.54, 1.807) is 36.2 Å². The second-order valence-electron chi connectivity index (χ2n) is 5.88. The molecule has 1 aromatic rings. The fraction of sp³-hybridized carbons (Fsp3) is 0.294. The van der Waals surface area contributed by atoms with E-state index in [2.05, 4.69) is 5.32 Å². The number of benzene rings is 1. The highest BCUT2D eigenvalue weighted by Crippen LogP contribution is 2.38. The number of allylic oxidation sites excluding steroid dienone is 1. The molecule has 2 aliphatic rings. The molecule has 0 saturated heterocycles. The van der Waals surface area contributed by atoms with Gasteiger partial charge in [-0.25, -0.2) is 0 Å². The van der Waals surface area contributed by atoms with E-state index < -0.39 is 12.1 Å². The molecule has 4 N–H and O–H groups in total. The molecule has 24 heavy (non-hydrogen) atoms. The molecular weight excluding hydrogens is 310 g/mol. The summed E-state index contributed by atoms with van der Waals surface area (Å²) < 4.78 is 5.49. The molecule has 0 aromatic heterocycles. The highest BCUT2D eigenvalue weighted by Gasteiger charge is 2.40. The molecule has 2 amide bonds. The second-order valence-corrected chi connectivity index (χ2v) is 5.88. The Morgan fingerprint density at radius 3 is 2.92 bits per heavy atom. The molecule has 0 radical (unpaired) electrons. The van der Waals surface area contributed by atoms with Crippen molar-refractivity contribution in [3.8, 4) is 5.75 Å². The normalized spacial score (nSPS) is 22.7. The number of nitrogens with zero attached hydrogens (tertiary/aromatic N) is 1. The smallest absolute Gasteiger partial charge is 0.260 e. The molecule has 0 bridgehead atoms. The molecule has 7 nitrogen and oxygen atoms in total. The van der Waals surface area contributed by atoms with Gasteiger partial charge in [-0.1, -0.05) is 12.1 Å². The van der Waals surface area contributed by atoms with Crippen molar-refractivity contribution in [1.82, 2.24) is 4.90 Å². The van der Waals surface area contributed by atoms with Gasteiger partial charge >= 0.3 is 0 Å². The summed E-state index contributed by atoms with van der Waals surface area (Å²) in [7, 11) is 1.54. The van der Waals surface area contributed by atoms with Gasteiger partial charge in [-0.3, -0.25) is 9.59 Å². The van der Waals surface area contributed by atoms with E-state index >= 15 is 0 Å². The van der Waals surface area contributed by atoms with Crippen molar-refractivity contribution in [2.75, 3.05) is 12.4 Å². The van der Waals surface area contributed by atoms with Crippen LogP contribution in [-0.2, 0) is 9.53 Å². The lowest BCUT2D eigenvalue weighted by atomic mass is 10.1. The number of anilines is 1. The molecule has 0 fully saturated rings. The van der Waals surface area contributed by atoms with Crippen molar-refractivity contribution in [2.24, 2.45) is 5.73 Å². The van der Waals surface area contributed by atoms with E-state index in [0.29, 0.717) is 23.2 Å². The van der Waals surface area contributed by atoms with Crippen molar-refractivity contribution in [3.63, 3.8) is 0 Å². The standard InChI is InChI=1S/C17H19N3O4/c1-9-3-5-11-14(15(9)22)19-16(24-2)12-7-10(4-6-13(18)21)8-20(12)17(11)23/h3-6,8,12,16,19,22H,7H2,1-2H3,(H2,18,21). The van der Waals surface area contributed by atoms with Gasteiger partial charge in [0.25, 0.3) is 5.91 Å². The largest absolute Gasteiger partial charge is 0.505 e. The number of carbonyl (C=O) groups is 2. The number of hydrogen-bond acceptors (Lipinski definition) is 5. The van der Waals surface area contributed by atoms with Gasteiger partial charge in [0, 0.05) is 19.4 Å². The van der Waals surface area contributed by atoms with Gasteiger partial charge in [0.05, 0.1) is 17.3 Å². The maximum Gasteiger partial charge on any atom is 0.260 e. The topological polar surface area (TPSA) is 105 Å². The first-order valence-corrected chi connectivity index (χ1v) is 7.55. The van der Waals surface area contributed by atoms with E-state index in [1.165, 1.54) is 13.2 Å². The average Bonchev–Trinajstić information content (AvgIpc) is 2.93. The number of primary amides is 1. The van der Waals surface area contributed by atoms with E-state index in [-0.39, 0.29) is 17.7 Å². The van der Waals surface area contributed by atoms with Gasteiger partial charge in [0.1, 0.15) is 12.0 Å². The zero-order valence-corrected chi connectivity index (χ0v) is 13.4. The number of phenolic OH excluding ortho intramolecular Hbond substituents is 1. The molecule has 2 aliphatic heterocycles. The van der Waals surface area contributed by atoms with Gasteiger partial charge in [0.15, 0.2) is 0 Å². The van der Waals surface area contributed by atoms with E-state index in [9.17, 15) is 14.7 Å². The first-order valence-electron chi connectivity index (χ1n) is 7.55. The fourth-order valence-electron chi connectivity index (χ4n) is 3.04. The maximum atomic E-state index is 12.9. The third-order valence-corrected chi connectivity index (χ3v) is 4.30. The van der Waals surface area contributed by atoms with Gasteiger partial charge in [-0.2, -0.15) is 0 Å². The lowest BCUT2D eigenvalue weighted by Gasteiger charge is -2.27. The van der Waals surface area contributed by atoms with E-state index in [0.717, 1.165) is 5.57 Å². The summed E-state index contributed by atoms with van der Waals surface area (Å²) in [6.07, 6.45) is 4.56. The Labute approximate surface area is 139 Å². The zero-order valence-electron chi connectivity index (χ0n) is 13.4. The van der Waals surface area contributed by atoms with E-state index in [1.807, 2.05) is 0 Å². The van der Waals surface area contributed by atoms with Crippen LogP contribution in [0.1, 0.15) is 22.3 Å². The Balaban J connectivity index is 2.04. The van der Waals surface area contributed by atoms with Crippen LogP contribution in [0.2, 0.25) is 0 Å². The molecule has 0 aliphatic carbocycles. The molecule has 2 atom stereocenters. The van der Waals surface area contributed by atoms with Crippen LogP contribution in [0.3, 0.4) is 0 Å². The summed E-state index contributed by atoms with van der Waals surface area (Å²) in [4.78, 5) is 25.4. The fourth-order valence-corrected chi connectivity index (χ4v) is 3.04. The number of amides is 2. The predicted octanol–water partition coefficient (Wildman–Crippen LogP) is 1.24. The average molecular weight is 329 g/mol. The third kappa shape index (κ3) is 2.63. The number of rotatable bonds is 3. The minimum absolute atomic E-state index is 0.0434. The minimum Gasteiger partial charge on any atom is -0.505 e. The highest BCUT2D eigenvalue weighted by atomic mass is 16.5. The lowest BCUT2D eigenvalue weighted by molar-refractivity contribution is -0.113. The molecule has 0 spiro atoms. The first-order chi connectivity index (χ1) is 11.4. The van der Waals surface area contributed by atoms with Crippen LogP contribution in [0.5, 0.6) is 5.75 Å². The molecule has 2 unspecified atom stereocenters. The molecule has 2 heterocycles. The summed E-state index contributed by atoms with van der Waals surface area (Å²) in [5, 5.41) is 13.4. The number of aryl methyl sites for hydroxylation is 1. The number of aromatic hydroxyl groups is 1. The molecule has 126 valence electrons. The third-order valence-electron chi connectivity index (χ3n) is 4.30. The molecule has 7 heteroatoms. The Morgan fingerprint density at radius 2 is 2.25 bits per heavy atom. The van der Waals surface area contributed by atoms with Crippen LogP contribution in [0, 0.1) is 6.92 Å². The lowest BCUT2D eigenvalue weighted by Crippen LogP contribution is -2.43. The van der Waals surface area contributed by atoms with Crippen molar-refractivity contribution in [1.29, 1.82) is 0 Å². The first kappa shape index (κ1) is 16.1. The van der Waals surface area contributed by atoms with Gasteiger partial charge in [0.2, 0.25) is 5.91 Å². The molecule has 3 rings (SSSR count). The SMILES string of the molecule is COC1Nc2c(ccc(C)c2O)C(=O)N2C=C(C=CC(N)=O)CC12. The second kappa shape index (κ2) is 6.01. The van der Waals surface area contributed by atoms with Gasteiger partial charge in [-0.05, 0) is 30.5 Å². The number of fused-ring (bicyclic) bond motifs is 2. The number of methoxy groups -OCH3 is 1. The Morgan fingerprint density at radius 1 is 1.50 bits per heavy atom. The molecule has 0 saturated carbocycles. The quantitative estimate of drug-likeness (QED) is 0.571. The van der Waals surface area contributed by atoms with Crippen LogP contribution in [0.4, 0.5) is 5.69 Å². The number of nitrogens with one attached hydrogen (secondary N) is 1. The maximum absolute atomic E-state index is 12.9. The van der Waals surface area contributed by atoms with Crippen molar-refractivity contribution in [3.05, 3.63) is 47.2 Å². The number of phenols is 1. The van der Waals surface area contributed by atoms with Crippen molar-refractivity contribution < 1.29 is 19.4 Å². The van der Waals surface area contributed by atoms with Crippen molar-refractivity contribution >= 4 is 17.5 Å². The van der Waals surface area contributed by atoms with Gasteiger partial charge < -0.3 is 25.8 Å². The summed E-state index contributed by atoms with van der Waals surface area (Å²) in [5.41, 5.74) is 7.35. The monoisotopic (exact) mass is 329 g/mol. The van der Waals surface area contributed by atoms with Crippen LogP contribution in [0.25, 0.3) is 0 Å². The highest BCUT2D eigenvalue weighted by molar-refractivity contribution is 6.03. The van der Waals surface area contributed by atoms with Crippen LogP contribution >= 0.6 is 0 Å². The number of hydrogen-bond donors (Lipinski definition) is 3. The number of nitrogens with two attached hydrogens (primary N) is 1. The number of ether oxygens (including phenoxy) is 1. The Hall–Kier alpha value is -2.80. The Bertz CT molecular complexity index is 769. The molecular formula is C17H19N3O4.